The van der Waals surface area contributed by atoms with Crippen molar-refractivity contribution in [2.24, 2.45) is 0 Å². The Labute approximate surface area is 237 Å². The van der Waals surface area contributed by atoms with E-state index in [1.807, 2.05) is 4.90 Å². The topological polar surface area (TPSA) is 80.5 Å². The second-order valence-corrected chi connectivity index (χ2v) is 11.2. The smallest absolute Gasteiger partial charge is 0.417 e. The van der Waals surface area contributed by atoms with Gasteiger partial charge in [0.25, 0.3) is 0 Å². The van der Waals surface area contributed by atoms with E-state index in [1.165, 1.54) is 6.07 Å². The van der Waals surface area contributed by atoms with E-state index in [4.69, 9.17) is 14.7 Å². The summed E-state index contributed by atoms with van der Waals surface area (Å²) in [5.41, 5.74) is 1.69. The molecule has 3 aromatic rings. The molecular weight excluding hydrogens is 531 g/mol. The lowest BCUT2D eigenvalue weighted by Gasteiger charge is -2.37. The summed E-state index contributed by atoms with van der Waals surface area (Å²) in [6, 6.07) is 12.5. The van der Waals surface area contributed by atoms with Crippen LogP contribution in [-0.4, -0.2) is 73.3 Å². The van der Waals surface area contributed by atoms with Crippen molar-refractivity contribution in [1.82, 2.24) is 20.2 Å². The standard InChI is InChI=1S/C30H34F3N7O/c1-38-14-4-7-22(38)19-41-29-36-25-18-39(26-9-3-6-20-5-2-8-24(27(20)26)30(31,32)33)15-11-23(25)28(37-29)40-16-13-35-21(17-40)10-12-34/h2-3,5-6,8-9,21-22,35H,4,7,10-11,13-19H2,1H3/t21-,22?/m0/s1. The van der Waals surface area contributed by atoms with Crippen LogP contribution in [0.15, 0.2) is 36.4 Å². The van der Waals surface area contributed by atoms with Gasteiger partial charge in [-0.05, 0) is 50.4 Å². The molecule has 0 bridgehead atoms. The highest BCUT2D eigenvalue weighted by Crippen LogP contribution is 2.41. The van der Waals surface area contributed by atoms with Crippen LogP contribution >= 0.6 is 0 Å². The fourth-order valence-electron chi connectivity index (χ4n) is 6.37. The third kappa shape index (κ3) is 5.63. The van der Waals surface area contributed by atoms with Gasteiger partial charge in [-0.3, -0.25) is 0 Å². The molecule has 2 fully saturated rings. The fourth-order valence-corrected chi connectivity index (χ4v) is 6.37. The maximum Gasteiger partial charge on any atom is 0.417 e. The van der Waals surface area contributed by atoms with Crippen molar-refractivity contribution in [2.45, 2.75) is 50.5 Å². The zero-order valence-electron chi connectivity index (χ0n) is 23.1. The molecule has 41 heavy (non-hydrogen) atoms. The lowest BCUT2D eigenvalue weighted by atomic mass is 9.98. The number of anilines is 2. The van der Waals surface area contributed by atoms with Crippen LogP contribution in [-0.2, 0) is 19.1 Å². The molecule has 2 atom stereocenters. The second-order valence-electron chi connectivity index (χ2n) is 11.2. The minimum absolute atomic E-state index is 0.0347. The summed E-state index contributed by atoms with van der Waals surface area (Å²) in [5.74, 6) is 0.808. The molecule has 216 valence electrons. The number of ether oxygens (including phenoxy) is 1. The Hall–Kier alpha value is -3.62. The van der Waals surface area contributed by atoms with Gasteiger partial charge in [-0.25, -0.2) is 0 Å². The summed E-state index contributed by atoms with van der Waals surface area (Å²) >= 11 is 0. The number of nitrogens with one attached hydrogen (secondary N) is 1. The van der Waals surface area contributed by atoms with E-state index < -0.39 is 11.7 Å². The van der Waals surface area contributed by atoms with E-state index in [9.17, 15) is 18.4 Å². The molecule has 2 saturated heterocycles. The first-order valence-corrected chi connectivity index (χ1v) is 14.2. The number of hydrogen-bond acceptors (Lipinski definition) is 8. The average molecular weight is 566 g/mol. The van der Waals surface area contributed by atoms with Crippen molar-refractivity contribution in [3.63, 3.8) is 0 Å². The van der Waals surface area contributed by atoms with Crippen LogP contribution in [0.2, 0.25) is 0 Å². The lowest BCUT2D eigenvalue weighted by molar-refractivity contribution is -0.136. The second kappa shape index (κ2) is 11.3. The first-order valence-electron chi connectivity index (χ1n) is 14.2. The predicted molar refractivity (Wildman–Crippen MR) is 151 cm³/mol. The van der Waals surface area contributed by atoms with Crippen LogP contribution < -0.4 is 19.9 Å². The summed E-state index contributed by atoms with van der Waals surface area (Å²) in [5, 5.41) is 13.4. The molecule has 0 aliphatic carbocycles. The van der Waals surface area contributed by atoms with Crippen molar-refractivity contribution < 1.29 is 17.9 Å². The first kappa shape index (κ1) is 27.5. The number of piperazine rings is 1. The third-order valence-electron chi connectivity index (χ3n) is 8.52. The van der Waals surface area contributed by atoms with E-state index in [1.54, 1.807) is 24.3 Å². The molecule has 3 aliphatic rings. The number of fused-ring (bicyclic) bond motifs is 2. The lowest BCUT2D eigenvalue weighted by Crippen LogP contribution is -2.51. The summed E-state index contributed by atoms with van der Waals surface area (Å²) < 4.78 is 48.3. The Morgan fingerprint density at radius 1 is 1.10 bits per heavy atom. The Morgan fingerprint density at radius 2 is 1.93 bits per heavy atom. The van der Waals surface area contributed by atoms with Gasteiger partial charge in [0.05, 0.1) is 30.3 Å². The molecule has 0 saturated carbocycles. The van der Waals surface area contributed by atoms with Crippen LogP contribution in [0.1, 0.15) is 36.1 Å². The van der Waals surface area contributed by atoms with Gasteiger partial charge in [-0.2, -0.15) is 28.4 Å². The van der Waals surface area contributed by atoms with Crippen molar-refractivity contribution in [1.29, 1.82) is 5.26 Å². The quantitative estimate of drug-likeness (QED) is 0.472. The van der Waals surface area contributed by atoms with Crippen LogP contribution in [0.4, 0.5) is 24.7 Å². The monoisotopic (exact) mass is 565 g/mol. The molecule has 1 aromatic heterocycles. The average Bonchev–Trinajstić information content (AvgIpc) is 3.39. The van der Waals surface area contributed by atoms with Crippen LogP contribution in [0.25, 0.3) is 10.8 Å². The zero-order valence-corrected chi connectivity index (χ0v) is 23.1. The molecule has 0 spiro atoms. The molecular formula is C30H34F3N7O. The van der Waals surface area contributed by atoms with Gasteiger partial charge in [0.2, 0.25) is 0 Å². The molecule has 2 aromatic carbocycles. The zero-order chi connectivity index (χ0) is 28.6. The van der Waals surface area contributed by atoms with Crippen LogP contribution in [0, 0.1) is 11.3 Å². The number of nitrogens with zero attached hydrogens (tertiary/aromatic N) is 6. The number of benzene rings is 2. The first-order chi connectivity index (χ1) is 19.8. The van der Waals surface area contributed by atoms with E-state index in [0.29, 0.717) is 62.2 Å². The van der Waals surface area contributed by atoms with Crippen LogP contribution in [0.3, 0.4) is 0 Å². The Morgan fingerprint density at radius 3 is 2.68 bits per heavy atom. The van der Waals surface area contributed by atoms with Crippen molar-refractivity contribution in [3.05, 3.63) is 53.2 Å². The molecule has 1 N–H and O–H groups in total. The summed E-state index contributed by atoms with van der Waals surface area (Å²) in [7, 11) is 2.09. The third-order valence-corrected chi connectivity index (χ3v) is 8.52. The number of hydrogen-bond donors (Lipinski definition) is 1. The van der Waals surface area contributed by atoms with Gasteiger partial charge >= 0.3 is 12.2 Å². The summed E-state index contributed by atoms with van der Waals surface area (Å²) in [4.78, 5) is 16.2. The van der Waals surface area contributed by atoms with E-state index in [-0.39, 0.29) is 11.4 Å². The van der Waals surface area contributed by atoms with Gasteiger partial charge in [0.15, 0.2) is 0 Å². The maximum absolute atomic E-state index is 14.1. The molecule has 0 amide bonds. The summed E-state index contributed by atoms with van der Waals surface area (Å²) in [6.07, 6.45) is -1.29. The van der Waals surface area contributed by atoms with Gasteiger partial charge in [-0.15, -0.1) is 0 Å². The number of likely N-dealkylation sites (tertiary alicyclic amines) is 1. The number of aromatic nitrogens is 2. The number of alkyl halides is 3. The normalized spacial score (nSPS) is 21.6. The molecule has 3 aliphatic heterocycles. The maximum atomic E-state index is 14.1. The largest absolute Gasteiger partial charge is 0.462 e. The van der Waals surface area contributed by atoms with Gasteiger partial charge in [0, 0.05) is 54.9 Å². The number of nitriles is 1. The number of halogens is 3. The summed E-state index contributed by atoms with van der Waals surface area (Å²) in [6.45, 7) is 4.51. The van der Waals surface area contributed by atoms with Crippen molar-refractivity contribution >= 4 is 22.3 Å². The predicted octanol–water partition coefficient (Wildman–Crippen LogP) is 4.38. The van der Waals surface area contributed by atoms with E-state index in [0.717, 1.165) is 55.6 Å². The molecule has 11 heteroatoms. The molecule has 8 nitrogen and oxygen atoms in total. The van der Waals surface area contributed by atoms with Crippen LogP contribution in [0.5, 0.6) is 6.01 Å². The molecule has 0 radical (unpaired) electrons. The fraction of sp³-hybridized carbons (Fsp3) is 0.500. The van der Waals surface area contributed by atoms with Gasteiger partial charge < -0.3 is 24.8 Å². The van der Waals surface area contributed by atoms with Crippen molar-refractivity contribution in [3.8, 4) is 12.1 Å². The van der Waals surface area contributed by atoms with Crippen molar-refractivity contribution in [2.75, 3.05) is 56.2 Å². The Bertz CT molecular complexity index is 1450. The Kier molecular flexibility index (Phi) is 7.62. The van der Waals surface area contributed by atoms with E-state index >= 15 is 0 Å². The van der Waals surface area contributed by atoms with Gasteiger partial charge in [-0.1, -0.05) is 24.3 Å². The van der Waals surface area contributed by atoms with E-state index in [2.05, 4.69) is 28.2 Å². The number of likely N-dealkylation sites (N-methyl/N-ethyl adjacent to an activating group) is 1. The highest BCUT2D eigenvalue weighted by molar-refractivity contribution is 5.97. The number of rotatable bonds is 6. The highest BCUT2D eigenvalue weighted by atomic mass is 19.4. The SMILES string of the molecule is CN1CCCC1COc1nc2c(c(N3CCN[C@@H](CC#N)C3)n1)CCN(c1cccc3cccc(C(F)(F)F)c13)C2. The molecule has 6 rings (SSSR count). The van der Waals surface area contributed by atoms with Gasteiger partial charge in [0.1, 0.15) is 12.4 Å². The minimum Gasteiger partial charge on any atom is -0.462 e. The minimum atomic E-state index is -4.46. The Balaban J connectivity index is 1.36. The molecule has 4 heterocycles. The highest BCUT2D eigenvalue weighted by Gasteiger charge is 2.35. The molecule has 1 unspecified atom stereocenters.